The van der Waals surface area contributed by atoms with Crippen LogP contribution in [0, 0.1) is 19.7 Å². The molecule has 0 radical (unpaired) electrons. The Morgan fingerprint density at radius 2 is 1.86 bits per heavy atom. The standard InChI is InChI=1S/C17H18FNOS/c1-11-12(2)17(21-3)15(18)9-14(11)10-16(19-20)13-7-5-4-6-8-13/h4-9,20H,10H2,1-3H3/b19-16+. The van der Waals surface area contributed by atoms with Crippen LogP contribution in [0.15, 0.2) is 46.4 Å². The topological polar surface area (TPSA) is 32.6 Å². The second-order valence-corrected chi connectivity index (χ2v) is 5.71. The number of hydrogen-bond donors (Lipinski definition) is 1. The first-order valence-corrected chi connectivity index (χ1v) is 7.89. The van der Waals surface area contributed by atoms with Gasteiger partial charge >= 0.3 is 0 Å². The number of hydrogen-bond acceptors (Lipinski definition) is 3. The van der Waals surface area contributed by atoms with E-state index in [1.165, 1.54) is 11.8 Å². The lowest BCUT2D eigenvalue weighted by Crippen LogP contribution is -2.08. The van der Waals surface area contributed by atoms with E-state index in [-0.39, 0.29) is 5.82 Å². The summed E-state index contributed by atoms with van der Waals surface area (Å²) in [4.78, 5) is 0.679. The molecule has 0 saturated heterocycles. The van der Waals surface area contributed by atoms with Gasteiger partial charge in [-0.2, -0.15) is 0 Å². The first kappa shape index (κ1) is 15.6. The Morgan fingerprint density at radius 3 is 2.43 bits per heavy atom. The average Bonchev–Trinajstić information content (AvgIpc) is 2.51. The molecule has 2 rings (SSSR count). The van der Waals surface area contributed by atoms with Gasteiger partial charge in [-0.05, 0) is 48.4 Å². The van der Waals surface area contributed by atoms with E-state index in [0.717, 1.165) is 22.3 Å². The van der Waals surface area contributed by atoms with Gasteiger partial charge in [0.05, 0.1) is 5.71 Å². The zero-order valence-electron chi connectivity index (χ0n) is 12.4. The zero-order chi connectivity index (χ0) is 15.4. The van der Waals surface area contributed by atoms with Gasteiger partial charge in [0.25, 0.3) is 0 Å². The third kappa shape index (κ3) is 3.27. The molecule has 0 fully saturated rings. The monoisotopic (exact) mass is 303 g/mol. The molecule has 2 aromatic rings. The van der Waals surface area contributed by atoms with Crippen LogP contribution < -0.4 is 0 Å². The Bertz CT molecular complexity index is 668. The van der Waals surface area contributed by atoms with E-state index in [4.69, 9.17) is 0 Å². The van der Waals surface area contributed by atoms with Crippen molar-refractivity contribution in [2.24, 2.45) is 5.16 Å². The number of thioether (sulfide) groups is 1. The van der Waals surface area contributed by atoms with E-state index in [1.807, 2.05) is 50.4 Å². The molecule has 0 amide bonds. The van der Waals surface area contributed by atoms with Crippen LogP contribution in [0.25, 0.3) is 0 Å². The molecule has 2 aromatic carbocycles. The SMILES string of the molecule is CSc1c(F)cc(C/C(=N\O)c2ccccc2)c(C)c1C. The maximum atomic E-state index is 14.1. The highest BCUT2D eigenvalue weighted by molar-refractivity contribution is 7.98. The van der Waals surface area contributed by atoms with Gasteiger partial charge in [0.15, 0.2) is 0 Å². The molecule has 110 valence electrons. The van der Waals surface area contributed by atoms with Crippen LogP contribution in [0.4, 0.5) is 4.39 Å². The van der Waals surface area contributed by atoms with Gasteiger partial charge in [-0.1, -0.05) is 35.5 Å². The fraction of sp³-hybridized carbons (Fsp3) is 0.235. The van der Waals surface area contributed by atoms with Crippen molar-refractivity contribution in [1.82, 2.24) is 0 Å². The molecule has 0 saturated carbocycles. The van der Waals surface area contributed by atoms with Crippen LogP contribution in [0.3, 0.4) is 0 Å². The Hall–Kier alpha value is -1.81. The molecular formula is C17H18FNOS. The molecule has 4 heteroatoms. The largest absolute Gasteiger partial charge is 0.411 e. The number of benzene rings is 2. The van der Waals surface area contributed by atoms with Crippen molar-refractivity contribution in [1.29, 1.82) is 0 Å². The van der Waals surface area contributed by atoms with Crippen molar-refractivity contribution in [2.45, 2.75) is 25.2 Å². The summed E-state index contributed by atoms with van der Waals surface area (Å²) in [6, 6.07) is 11.0. The highest BCUT2D eigenvalue weighted by atomic mass is 32.2. The quantitative estimate of drug-likeness (QED) is 0.388. The summed E-state index contributed by atoms with van der Waals surface area (Å²) >= 11 is 1.41. The minimum Gasteiger partial charge on any atom is -0.411 e. The van der Waals surface area contributed by atoms with Gasteiger partial charge in [-0.3, -0.25) is 0 Å². The van der Waals surface area contributed by atoms with Crippen molar-refractivity contribution in [3.05, 3.63) is 64.5 Å². The van der Waals surface area contributed by atoms with Crippen molar-refractivity contribution >= 4 is 17.5 Å². The summed E-state index contributed by atoms with van der Waals surface area (Å²) in [6.07, 6.45) is 2.27. The van der Waals surface area contributed by atoms with E-state index < -0.39 is 0 Å². The summed E-state index contributed by atoms with van der Waals surface area (Å²) in [6.45, 7) is 3.90. The molecule has 0 aliphatic carbocycles. The van der Waals surface area contributed by atoms with Crippen LogP contribution >= 0.6 is 11.8 Å². The van der Waals surface area contributed by atoms with Gasteiger partial charge in [-0.25, -0.2) is 4.39 Å². The molecule has 0 aliphatic rings. The van der Waals surface area contributed by atoms with E-state index in [9.17, 15) is 9.60 Å². The van der Waals surface area contributed by atoms with E-state index in [2.05, 4.69) is 5.16 Å². The number of nitrogens with zero attached hydrogens (tertiary/aromatic N) is 1. The molecule has 0 aromatic heterocycles. The predicted molar refractivity (Wildman–Crippen MR) is 86.1 cm³/mol. The Morgan fingerprint density at radius 1 is 1.19 bits per heavy atom. The first-order chi connectivity index (χ1) is 10.1. The van der Waals surface area contributed by atoms with Crippen LogP contribution in [-0.4, -0.2) is 17.2 Å². The Labute approximate surface area is 128 Å². The summed E-state index contributed by atoms with van der Waals surface area (Å²) in [5.74, 6) is -0.217. The second kappa shape index (κ2) is 6.76. The Kier molecular flexibility index (Phi) is 5.02. The second-order valence-electron chi connectivity index (χ2n) is 4.89. The smallest absolute Gasteiger partial charge is 0.137 e. The van der Waals surface area contributed by atoms with Crippen LogP contribution in [-0.2, 0) is 6.42 Å². The molecule has 2 nitrogen and oxygen atoms in total. The normalized spacial score (nSPS) is 11.7. The molecule has 0 bridgehead atoms. The summed E-state index contributed by atoms with van der Waals surface area (Å²) in [5.41, 5.74) is 4.21. The molecule has 0 unspecified atom stereocenters. The van der Waals surface area contributed by atoms with Crippen LogP contribution in [0.1, 0.15) is 22.3 Å². The van der Waals surface area contributed by atoms with Gasteiger partial charge in [0, 0.05) is 11.3 Å². The molecule has 0 aliphatic heterocycles. The minimum atomic E-state index is -0.217. The minimum absolute atomic E-state index is 0.217. The first-order valence-electron chi connectivity index (χ1n) is 6.67. The lowest BCUT2D eigenvalue weighted by atomic mass is 9.96. The molecule has 0 spiro atoms. The molecule has 1 N–H and O–H groups in total. The van der Waals surface area contributed by atoms with Crippen molar-refractivity contribution < 1.29 is 9.60 Å². The third-order valence-electron chi connectivity index (χ3n) is 3.69. The van der Waals surface area contributed by atoms with Crippen molar-refractivity contribution in [3.63, 3.8) is 0 Å². The number of halogens is 1. The van der Waals surface area contributed by atoms with E-state index in [0.29, 0.717) is 17.0 Å². The molecular weight excluding hydrogens is 285 g/mol. The lowest BCUT2D eigenvalue weighted by molar-refractivity contribution is 0.318. The fourth-order valence-electron chi connectivity index (χ4n) is 2.36. The fourth-order valence-corrected chi connectivity index (χ4v) is 3.07. The molecule has 0 heterocycles. The summed E-state index contributed by atoms with van der Waals surface area (Å²) in [5, 5.41) is 12.6. The van der Waals surface area contributed by atoms with Gasteiger partial charge in [0.2, 0.25) is 0 Å². The van der Waals surface area contributed by atoms with Gasteiger partial charge in [-0.15, -0.1) is 11.8 Å². The van der Waals surface area contributed by atoms with Crippen molar-refractivity contribution in [3.8, 4) is 0 Å². The van der Waals surface area contributed by atoms with Gasteiger partial charge < -0.3 is 5.21 Å². The van der Waals surface area contributed by atoms with Crippen LogP contribution in [0.2, 0.25) is 0 Å². The maximum absolute atomic E-state index is 14.1. The average molecular weight is 303 g/mol. The van der Waals surface area contributed by atoms with E-state index in [1.54, 1.807) is 6.07 Å². The van der Waals surface area contributed by atoms with Crippen LogP contribution in [0.5, 0.6) is 0 Å². The Balaban J connectivity index is 2.40. The molecule has 21 heavy (non-hydrogen) atoms. The number of oxime groups is 1. The number of rotatable bonds is 4. The summed E-state index contributed by atoms with van der Waals surface area (Å²) < 4.78 is 14.1. The van der Waals surface area contributed by atoms with Gasteiger partial charge in [0.1, 0.15) is 5.82 Å². The highest BCUT2D eigenvalue weighted by Gasteiger charge is 2.14. The summed E-state index contributed by atoms with van der Waals surface area (Å²) in [7, 11) is 0. The third-order valence-corrected chi connectivity index (χ3v) is 4.60. The molecule has 0 atom stereocenters. The van der Waals surface area contributed by atoms with Crippen molar-refractivity contribution in [2.75, 3.05) is 6.26 Å². The predicted octanol–water partition coefficient (Wildman–Crippen LogP) is 4.59. The zero-order valence-corrected chi connectivity index (χ0v) is 13.2. The van der Waals surface area contributed by atoms with E-state index >= 15 is 0 Å². The maximum Gasteiger partial charge on any atom is 0.137 e. The lowest BCUT2D eigenvalue weighted by Gasteiger charge is -2.14. The highest BCUT2D eigenvalue weighted by Crippen LogP contribution is 2.29.